The summed E-state index contributed by atoms with van der Waals surface area (Å²) in [6.07, 6.45) is -0.486. The fourth-order valence-corrected chi connectivity index (χ4v) is 4.23. The van der Waals surface area contributed by atoms with Crippen LogP contribution in [0.1, 0.15) is 61.3 Å². The fraction of sp³-hybridized carbons (Fsp3) is 0.357. The van der Waals surface area contributed by atoms with Crippen LogP contribution in [-0.2, 0) is 33.4 Å². The lowest BCUT2D eigenvalue weighted by molar-refractivity contribution is -0.167. The summed E-state index contributed by atoms with van der Waals surface area (Å²) in [6, 6.07) is 13.2. The molecule has 0 aliphatic heterocycles. The second-order valence-electron chi connectivity index (χ2n) is 8.22. The largest absolute Gasteiger partial charge is 0.464 e. The molecule has 0 radical (unpaired) electrons. The Morgan fingerprint density at radius 3 is 1.59 bits per heavy atom. The maximum Gasteiger partial charge on any atom is 0.344 e. The Morgan fingerprint density at radius 1 is 0.718 bits per heavy atom. The van der Waals surface area contributed by atoms with E-state index >= 15 is 0 Å². The molecule has 0 unspecified atom stereocenters. The highest BCUT2D eigenvalue weighted by atomic mass is 32.2. The van der Waals surface area contributed by atoms with Crippen molar-refractivity contribution in [3.63, 3.8) is 0 Å². The van der Waals surface area contributed by atoms with Crippen LogP contribution in [0.25, 0.3) is 0 Å². The van der Waals surface area contributed by atoms with Gasteiger partial charge in [-0.1, -0.05) is 43.0 Å². The molecule has 11 heteroatoms. The van der Waals surface area contributed by atoms with Gasteiger partial charge in [0, 0.05) is 34.3 Å². The van der Waals surface area contributed by atoms with E-state index in [0.717, 1.165) is 16.7 Å². The number of hydrogen-bond acceptors (Lipinski definition) is 10. The van der Waals surface area contributed by atoms with Gasteiger partial charge >= 0.3 is 17.9 Å². The van der Waals surface area contributed by atoms with Crippen LogP contribution in [0.4, 0.5) is 0 Å². The highest BCUT2D eigenvalue weighted by Gasteiger charge is 2.51. The number of ketones is 2. The van der Waals surface area contributed by atoms with Crippen molar-refractivity contribution in [3.05, 3.63) is 59.7 Å². The minimum absolute atomic E-state index is 0.0683. The summed E-state index contributed by atoms with van der Waals surface area (Å²) in [5.41, 5.74) is -1.68. The van der Waals surface area contributed by atoms with E-state index in [9.17, 15) is 28.8 Å². The van der Waals surface area contributed by atoms with Crippen molar-refractivity contribution >= 4 is 47.1 Å². The maximum atomic E-state index is 13.1. The van der Waals surface area contributed by atoms with Crippen LogP contribution in [0.15, 0.2) is 58.3 Å². The molecule has 10 nitrogen and oxygen atoms in total. The second kappa shape index (κ2) is 14.8. The van der Waals surface area contributed by atoms with E-state index in [0.29, 0.717) is 5.56 Å². The van der Waals surface area contributed by atoms with Crippen molar-refractivity contribution in [2.24, 2.45) is 0 Å². The lowest BCUT2D eigenvalue weighted by Gasteiger charge is -2.29. The van der Waals surface area contributed by atoms with Crippen molar-refractivity contribution < 1.29 is 43.0 Å². The molecule has 1 N–H and O–H groups in total. The Balaban J connectivity index is 2.15. The summed E-state index contributed by atoms with van der Waals surface area (Å²) < 4.78 is 14.9. The first-order chi connectivity index (χ1) is 18.6. The number of Topliss-reactive ketones (excluding diaryl/α,β-unsaturated/α-hetero) is 2. The van der Waals surface area contributed by atoms with Gasteiger partial charge in [0.1, 0.15) is 0 Å². The summed E-state index contributed by atoms with van der Waals surface area (Å²) in [4.78, 5) is 75.5. The third-order valence-electron chi connectivity index (χ3n) is 5.30. The highest BCUT2D eigenvalue weighted by molar-refractivity contribution is 7.99. The first-order valence-corrected chi connectivity index (χ1v) is 13.1. The van der Waals surface area contributed by atoms with Gasteiger partial charge in [-0.05, 0) is 38.1 Å². The van der Waals surface area contributed by atoms with E-state index in [1.807, 2.05) is 0 Å². The lowest BCUT2D eigenvalue weighted by Crippen LogP contribution is -2.62. The van der Waals surface area contributed by atoms with Gasteiger partial charge in [-0.25, -0.2) is 9.59 Å². The van der Waals surface area contributed by atoms with Crippen molar-refractivity contribution in [1.29, 1.82) is 0 Å². The van der Waals surface area contributed by atoms with Crippen LogP contribution < -0.4 is 5.32 Å². The third-order valence-corrected chi connectivity index (χ3v) is 6.32. The highest BCUT2D eigenvalue weighted by Crippen LogP contribution is 2.29. The predicted molar refractivity (Wildman–Crippen MR) is 141 cm³/mol. The van der Waals surface area contributed by atoms with Crippen LogP contribution in [0.3, 0.4) is 0 Å². The molecule has 2 aromatic carbocycles. The molecular weight excluding hydrogens is 526 g/mol. The van der Waals surface area contributed by atoms with Gasteiger partial charge in [-0.15, -0.1) is 0 Å². The van der Waals surface area contributed by atoms with Crippen LogP contribution in [0.2, 0.25) is 0 Å². The predicted octanol–water partition coefficient (Wildman–Crippen LogP) is 3.55. The monoisotopic (exact) mass is 557 g/mol. The van der Waals surface area contributed by atoms with Gasteiger partial charge in [0.25, 0.3) is 0 Å². The number of rotatable bonds is 14. The van der Waals surface area contributed by atoms with E-state index in [1.54, 1.807) is 55.5 Å². The fourth-order valence-electron chi connectivity index (χ4n) is 3.41. The molecule has 0 fully saturated rings. The third kappa shape index (κ3) is 8.78. The van der Waals surface area contributed by atoms with E-state index in [-0.39, 0.29) is 37.6 Å². The van der Waals surface area contributed by atoms with Gasteiger partial charge in [0.2, 0.25) is 11.4 Å². The average Bonchev–Trinajstić information content (AvgIpc) is 2.91. The quantitative estimate of drug-likeness (QED) is 0.159. The number of esters is 3. The number of hydrogen-bond donors (Lipinski definition) is 1. The first kappa shape index (κ1) is 31.2. The Labute approximate surface area is 230 Å². The number of benzene rings is 2. The van der Waals surface area contributed by atoms with Crippen LogP contribution >= 0.6 is 11.8 Å². The van der Waals surface area contributed by atoms with Gasteiger partial charge in [-0.3, -0.25) is 19.2 Å². The molecule has 0 heterocycles. The van der Waals surface area contributed by atoms with E-state index < -0.39 is 41.6 Å². The topological polar surface area (TPSA) is 142 Å². The zero-order chi connectivity index (χ0) is 29.0. The van der Waals surface area contributed by atoms with Crippen LogP contribution in [0.5, 0.6) is 0 Å². The molecule has 208 valence electrons. The average molecular weight is 558 g/mol. The molecule has 0 aliphatic carbocycles. The Bertz CT molecular complexity index is 1190. The molecule has 0 saturated heterocycles. The van der Waals surface area contributed by atoms with Crippen molar-refractivity contribution in [2.45, 2.75) is 55.9 Å². The molecule has 2 rings (SSSR count). The minimum Gasteiger partial charge on any atom is -0.464 e. The molecule has 0 aromatic heterocycles. The molecule has 0 spiro atoms. The van der Waals surface area contributed by atoms with Gasteiger partial charge < -0.3 is 19.5 Å². The molecule has 0 aliphatic rings. The Hall–Kier alpha value is -3.99. The maximum absolute atomic E-state index is 13.1. The molecule has 0 atom stereocenters. The smallest absolute Gasteiger partial charge is 0.344 e. The number of nitrogens with one attached hydrogen (secondary N) is 1. The Morgan fingerprint density at radius 2 is 1.18 bits per heavy atom. The normalized spacial score (nSPS) is 10.8. The van der Waals surface area contributed by atoms with E-state index in [1.165, 1.54) is 25.6 Å². The van der Waals surface area contributed by atoms with Gasteiger partial charge in [0.15, 0.2) is 18.2 Å². The summed E-state index contributed by atoms with van der Waals surface area (Å²) in [6.45, 7) is 5.39. The number of amides is 1. The molecule has 39 heavy (non-hydrogen) atoms. The summed E-state index contributed by atoms with van der Waals surface area (Å²) in [5, 5.41) is 2.27. The molecule has 2 aromatic rings. The zero-order valence-electron chi connectivity index (χ0n) is 22.2. The minimum atomic E-state index is -2.31. The van der Waals surface area contributed by atoms with Crippen LogP contribution in [0, 0.1) is 0 Å². The molecule has 0 saturated carbocycles. The SMILES string of the molecule is CCOC(=O)C(CC(=O)c1ccc(Sc2ccc(C(=O)COC(=O)CC)cc2)cc1)(NC(C)=O)C(=O)OCC. The standard InChI is InChI=1S/C28H31NO9S/c1-5-25(33)38-17-24(32)20-10-14-22(15-11-20)39-21-12-8-19(9-13-21)23(31)16-28(29-18(4)30,26(34)36-6-2)27(35)37-7-3/h8-15H,5-7,16-17H2,1-4H3,(H,29,30). The van der Waals surface area contributed by atoms with Crippen LogP contribution in [-0.4, -0.2) is 60.7 Å². The van der Waals surface area contributed by atoms with Gasteiger partial charge in [0.05, 0.1) is 19.6 Å². The second-order valence-corrected chi connectivity index (χ2v) is 9.36. The summed E-state index contributed by atoms with van der Waals surface area (Å²) in [5.74, 6) is -4.19. The number of ether oxygens (including phenoxy) is 3. The number of carbonyl (C=O) groups is 6. The zero-order valence-corrected chi connectivity index (χ0v) is 23.1. The van der Waals surface area contributed by atoms with Crippen molar-refractivity contribution in [2.75, 3.05) is 19.8 Å². The lowest BCUT2D eigenvalue weighted by atomic mass is 9.90. The molecule has 0 bridgehead atoms. The van der Waals surface area contributed by atoms with Gasteiger partial charge in [-0.2, -0.15) is 0 Å². The number of carbonyl (C=O) groups excluding carboxylic acids is 6. The van der Waals surface area contributed by atoms with Crippen molar-refractivity contribution in [1.82, 2.24) is 5.32 Å². The van der Waals surface area contributed by atoms with E-state index in [2.05, 4.69) is 5.32 Å². The summed E-state index contributed by atoms with van der Waals surface area (Å²) >= 11 is 1.38. The Kier molecular flexibility index (Phi) is 11.9. The molecular formula is C28H31NO9S. The van der Waals surface area contributed by atoms with E-state index in [4.69, 9.17) is 14.2 Å². The molecule has 1 amide bonds. The van der Waals surface area contributed by atoms with Crippen molar-refractivity contribution in [3.8, 4) is 0 Å². The first-order valence-electron chi connectivity index (χ1n) is 12.3. The summed E-state index contributed by atoms with van der Waals surface area (Å²) in [7, 11) is 0.